The molecule has 0 aliphatic rings. The van der Waals surface area contributed by atoms with Crippen molar-refractivity contribution in [2.75, 3.05) is 33.0 Å². The highest BCUT2D eigenvalue weighted by Gasteiger charge is 2.22. The van der Waals surface area contributed by atoms with Crippen LogP contribution in [-0.4, -0.2) is 50.1 Å². The van der Waals surface area contributed by atoms with Crippen LogP contribution in [0.15, 0.2) is 18.2 Å². The van der Waals surface area contributed by atoms with E-state index in [0.29, 0.717) is 11.3 Å². The number of amides is 1. The van der Waals surface area contributed by atoms with Gasteiger partial charge >= 0.3 is 11.9 Å². The first-order valence-corrected chi connectivity index (χ1v) is 6.17. The molecule has 0 heterocycles. The maximum atomic E-state index is 12.4. The van der Waals surface area contributed by atoms with Crippen LogP contribution in [0, 0.1) is 6.92 Å². The van der Waals surface area contributed by atoms with Crippen LogP contribution in [0.1, 0.15) is 15.9 Å². The van der Waals surface area contributed by atoms with E-state index in [1.807, 2.05) is 0 Å². The third kappa shape index (κ3) is 4.79. The van der Waals surface area contributed by atoms with Crippen LogP contribution in [0.4, 0.5) is 5.69 Å². The SMILES string of the molecule is COC(=O)CN(CC(=O)OC)C(=O)c1cc(C)cc(N)c1. The molecule has 1 aromatic rings. The minimum absolute atomic E-state index is 0.292. The van der Waals surface area contributed by atoms with Gasteiger partial charge in [0.2, 0.25) is 0 Å². The van der Waals surface area contributed by atoms with E-state index < -0.39 is 17.8 Å². The highest BCUT2D eigenvalue weighted by atomic mass is 16.5. The highest BCUT2D eigenvalue weighted by molar-refractivity contribution is 5.98. The Labute approximate surface area is 122 Å². The second-order valence-electron chi connectivity index (χ2n) is 4.45. The van der Waals surface area contributed by atoms with E-state index in [2.05, 4.69) is 9.47 Å². The molecule has 0 aliphatic heterocycles. The molecular weight excluding hydrogens is 276 g/mol. The van der Waals surface area contributed by atoms with Gasteiger partial charge in [-0.3, -0.25) is 14.4 Å². The van der Waals surface area contributed by atoms with Crippen molar-refractivity contribution in [3.63, 3.8) is 0 Å². The standard InChI is InChI=1S/C14H18N2O5/c1-9-4-10(6-11(15)5-9)14(19)16(7-12(17)20-2)8-13(18)21-3/h4-6H,7-8,15H2,1-3H3. The predicted molar refractivity (Wildman–Crippen MR) is 75.5 cm³/mol. The smallest absolute Gasteiger partial charge is 0.325 e. The van der Waals surface area contributed by atoms with Crippen molar-refractivity contribution >= 4 is 23.5 Å². The zero-order valence-corrected chi connectivity index (χ0v) is 12.2. The van der Waals surface area contributed by atoms with Crippen LogP contribution in [0.25, 0.3) is 0 Å². The fourth-order valence-corrected chi connectivity index (χ4v) is 1.76. The van der Waals surface area contributed by atoms with Gasteiger partial charge in [0.05, 0.1) is 14.2 Å². The van der Waals surface area contributed by atoms with E-state index in [1.54, 1.807) is 19.1 Å². The van der Waals surface area contributed by atoms with E-state index >= 15 is 0 Å². The summed E-state index contributed by atoms with van der Waals surface area (Å²) in [6, 6.07) is 4.82. The van der Waals surface area contributed by atoms with Gasteiger partial charge in [-0.1, -0.05) is 0 Å². The first kappa shape index (κ1) is 16.5. The van der Waals surface area contributed by atoms with Crippen molar-refractivity contribution in [3.05, 3.63) is 29.3 Å². The molecule has 0 unspecified atom stereocenters. The molecule has 114 valence electrons. The van der Waals surface area contributed by atoms with Gasteiger partial charge in [-0.05, 0) is 30.7 Å². The number of aryl methyl sites for hydroxylation is 1. The molecule has 1 aromatic carbocycles. The van der Waals surface area contributed by atoms with Gasteiger partial charge in [0, 0.05) is 11.3 Å². The van der Waals surface area contributed by atoms with Crippen LogP contribution in [0.5, 0.6) is 0 Å². The van der Waals surface area contributed by atoms with E-state index in [0.717, 1.165) is 10.5 Å². The Morgan fingerprint density at radius 1 is 1.05 bits per heavy atom. The molecule has 0 atom stereocenters. The molecule has 0 bridgehead atoms. The first-order chi connectivity index (χ1) is 9.87. The quantitative estimate of drug-likeness (QED) is 0.622. The number of nitrogen functional groups attached to an aromatic ring is 1. The van der Waals surface area contributed by atoms with Crippen molar-refractivity contribution in [2.24, 2.45) is 0 Å². The van der Waals surface area contributed by atoms with Gasteiger partial charge in [-0.25, -0.2) is 0 Å². The third-order valence-electron chi connectivity index (χ3n) is 2.73. The zero-order chi connectivity index (χ0) is 16.0. The molecule has 1 amide bonds. The number of anilines is 1. The van der Waals surface area contributed by atoms with E-state index in [-0.39, 0.29) is 13.1 Å². The molecule has 0 saturated carbocycles. The number of carbonyl (C=O) groups excluding carboxylic acids is 3. The molecule has 0 radical (unpaired) electrons. The van der Waals surface area contributed by atoms with Crippen molar-refractivity contribution in [3.8, 4) is 0 Å². The Morgan fingerprint density at radius 2 is 1.57 bits per heavy atom. The lowest BCUT2D eigenvalue weighted by atomic mass is 10.1. The number of benzene rings is 1. The zero-order valence-electron chi connectivity index (χ0n) is 12.2. The summed E-state index contributed by atoms with van der Waals surface area (Å²) in [7, 11) is 2.40. The summed E-state index contributed by atoms with van der Waals surface area (Å²) < 4.78 is 9.04. The molecule has 0 fully saturated rings. The number of carbonyl (C=O) groups is 3. The molecule has 21 heavy (non-hydrogen) atoms. The Bertz CT molecular complexity index is 518. The van der Waals surface area contributed by atoms with Crippen molar-refractivity contribution in [1.82, 2.24) is 4.90 Å². The fraction of sp³-hybridized carbons (Fsp3) is 0.357. The van der Waals surface area contributed by atoms with E-state index in [9.17, 15) is 14.4 Å². The van der Waals surface area contributed by atoms with Gasteiger partial charge < -0.3 is 20.1 Å². The number of ether oxygens (including phenoxy) is 2. The van der Waals surface area contributed by atoms with Crippen LogP contribution in [0.3, 0.4) is 0 Å². The third-order valence-corrected chi connectivity index (χ3v) is 2.73. The maximum Gasteiger partial charge on any atom is 0.325 e. The second kappa shape index (κ2) is 7.28. The van der Waals surface area contributed by atoms with E-state index in [1.165, 1.54) is 20.3 Å². The lowest BCUT2D eigenvalue weighted by Gasteiger charge is -2.20. The number of hydrogen-bond acceptors (Lipinski definition) is 6. The molecule has 2 N–H and O–H groups in total. The second-order valence-corrected chi connectivity index (χ2v) is 4.45. The number of hydrogen-bond donors (Lipinski definition) is 1. The Morgan fingerprint density at radius 3 is 2.00 bits per heavy atom. The molecule has 0 aromatic heterocycles. The number of rotatable bonds is 5. The summed E-state index contributed by atoms with van der Waals surface area (Å²) in [4.78, 5) is 36.2. The topological polar surface area (TPSA) is 98.9 Å². The summed E-state index contributed by atoms with van der Waals surface area (Å²) >= 11 is 0. The average molecular weight is 294 g/mol. The van der Waals surface area contributed by atoms with Crippen molar-refractivity contribution in [2.45, 2.75) is 6.92 Å². The van der Waals surface area contributed by atoms with Crippen LogP contribution >= 0.6 is 0 Å². The fourth-order valence-electron chi connectivity index (χ4n) is 1.76. The van der Waals surface area contributed by atoms with Crippen molar-refractivity contribution < 1.29 is 23.9 Å². The van der Waals surface area contributed by atoms with Gasteiger partial charge in [0.1, 0.15) is 13.1 Å². The number of nitrogens with two attached hydrogens (primary N) is 1. The van der Waals surface area contributed by atoms with Crippen molar-refractivity contribution in [1.29, 1.82) is 0 Å². The molecule has 0 spiro atoms. The highest BCUT2D eigenvalue weighted by Crippen LogP contribution is 2.13. The summed E-state index contributed by atoms with van der Waals surface area (Å²) in [5.41, 5.74) is 7.22. The van der Waals surface area contributed by atoms with Crippen LogP contribution < -0.4 is 5.73 Å². The summed E-state index contributed by atoms with van der Waals surface area (Å²) in [6.07, 6.45) is 0. The lowest BCUT2D eigenvalue weighted by Crippen LogP contribution is -2.40. The summed E-state index contributed by atoms with van der Waals surface area (Å²) in [6.45, 7) is 1.09. The number of nitrogens with zero attached hydrogens (tertiary/aromatic N) is 1. The minimum atomic E-state index is -0.632. The number of methoxy groups -OCH3 is 2. The molecule has 1 rings (SSSR count). The Balaban J connectivity index is 3.02. The van der Waals surface area contributed by atoms with Crippen LogP contribution in [0.2, 0.25) is 0 Å². The van der Waals surface area contributed by atoms with Gasteiger partial charge in [0.25, 0.3) is 5.91 Å². The Kier molecular flexibility index (Phi) is 5.71. The average Bonchev–Trinajstić information content (AvgIpc) is 2.44. The largest absolute Gasteiger partial charge is 0.468 e. The number of esters is 2. The van der Waals surface area contributed by atoms with Crippen LogP contribution in [-0.2, 0) is 19.1 Å². The van der Waals surface area contributed by atoms with E-state index in [4.69, 9.17) is 5.73 Å². The molecule has 7 nitrogen and oxygen atoms in total. The monoisotopic (exact) mass is 294 g/mol. The first-order valence-electron chi connectivity index (χ1n) is 6.17. The van der Waals surface area contributed by atoms with Gasteiger partial charge in [-0.2, -0.15) is 0 Å². The molecule has 0 aliphatic carbocycles. The lowest BCUT2D eigenvalue weighted by molar-refractivity contribution is -0.144. The minimum Gasteiger partial charge on any atom is -0.468 e. The molecular formula is C14H18N2O5. The maximum absolute atomic E-state index is 12.4. The summed E-state index contributed by atoms with van der Waals surface area (Å²) in [5.74, 6) is -1.76. The predicted octanol–water partition coefficient (Wildman–Crippen LogP) is 0.365. The normalized spacial score (nSPS) is 9.86. The van der Waals surface area contributed by atoms with Gasteiger partial charge in [0.15, 0.2) is 0 Å². The molecule has 7 heteroatoms. The Hall–Kier alpha value is -2.57. The molecule has 0 saturated heterocycles. The van der Waals surface area contributed by atoms with Gasteiger partial charge in [-0.15, -0.1) is 0 Å². The summed E-state index contributed by atoms with van der Waals surface area (Å²) in [5, 5.41) is 0.